The summed E-state index contributed by atoms with van der Waals surface area (Å²) in [6.07, 6.45) is 1.28. The molecule has 0 amide bonds. The zero-order valence-corrected chi connectivity index (χ0v) is 8.91. The SMILES string of the molecule is CCCC(O)c1ccc(OP=O)cc1. The van der Waals surface area contributed by atoms with E-state index in [1.54, 1.807) is 24.3 Å². The van der Waals surface area contributed by atoms with Crippen LogP contribution in [0, 0.1) is 0 Å². The van der Waals surface area contributed by atoms with Crippen molar-refractivity contribution in [3.63, 3.8) is 0 Å². The van der Waals surface area contributed by atoms with Crippen molar-refractivity contribution < 1.29 is 14.2 Å². The van der Waals surface area contributed by atoms with Gasteiger partial charge in [-0.05, 0) is 24.1 Å². The second-order valence-electron chi connectivity index (χ2n) is 3.04. The van der Waals surface area contributed by atoms with Crippen molar-refractivity contribution in [1.29, 1.82) is 0 Å². The Hall–Kier alpha value is -0.920. The number of hydrogen-bond acceptors (Lipinski definition) is 3. The van der Waals surface area contributed by atoms with E-state index < -0.39 is 6.10 Å². The van der Waals surface area contributed by atoms with Gasteiger partial charge < -0.3 is 9.63 Å². The molecule has 14 heavy (non-hydrogen) atoms. The predicted octanol–water partition coefficient (Wildman–Crippen LogP) is 3.11. The Morgan fingerprint density at radius 3 is 2.57 bits per heavy atom. The molecule has 4 heteroatoms. The van der Waals surface area contributed by atoms with E-state index in [1.165, 1.54) is 0 Å². The fourth-order valence-corrected chi connectivity index (χ4v) is 1.44. The molecule has 0 aromatic heterocycles. The summed E-state index contributed by atoms with van der Waals surface area (Å²) in [6.45, 7) is 2.02. The predicted molar refractivity (Wildman–Crippen MR) is 54.5 cm³/mol. The highest BCUT2D eigenvalue weighted by Crippen LogP contribution is 2.22. The third kappa shape index (κ3) is 3.09. The van der Waals surface area contributed by atoms with E-state index >= 15 is 0 Å². The molecule has 0 radical (unpaired) electrons. The lowest BCUT2D eigenvalue weighted by atomic mass is 10.1. The smallest absolute Gasteiger partial charge is 0.395 e. The number of rotatable bonds is 5. The van der Waals surface area contributed by atoms with Crippen LogP contribution in [-0.4, -0.2) is 5.11 Å². The monoisotopic (exact) mass is 212 g/mol. The minimum Gasteiger partial charge on any atom is -0.408 e. The summed E-state index contributed by atoms with van der Waals surface area (Å²) in [6, 6.07) is 6.94. The lowest BCUT2D eigenvalue weighted by Gasteiger charge is -2.09. The Morgan fingerprint density at radius 1 is 1.43 bits per heavy atom. The lowest BCUT2D eigenvalue weighted by molar-refractivity contribution is 0.166. The van der Waals surface area contributed by atoms with Gasteiger partial charge in [0.2, 0.25) is 0 Å². The first-order valence-electron chi connectivity index (χ1n) is 4.55. The van der Waals surface area contributed by atoms with Crippen molar-refractivity contribution in [3.05, 3.63) is 29.8 Å². The van der Waals surface area contributed by atoms with Crippen molar-refractivity contribution in [2.45, 2.75) is 25.9 Å². The fraction of sp³-hybridized carbons (Fsp3) is 0.400. The lowest BCUT2D eigenvalue weighted by Crippen LogP contribution is -1.95. The molecule has 0 aliphatic rings. The zero-order valence-electron chi connectivity index (χ0n) is 8.01. The maximum atomic E-state index is 10.1. The molecule has 1 aromatic rings. The Morgan fingerprint density at radius 2 is 2.07 bits per heavy atom. The first-order chi connectivity index (χ1) is 6.77. The molecular formula is C10H13O3P. The Labute approximate surface area is 85.0 Å². The summed E-state index contributed by atoms with van der Waals surface area (Å²) in [5.41, 5.74) is 0.863. The highest BCUT2D eigenvalue weighted by molar-refractivity contribution is 7.17. The molecule has 1 N–H and O–H groups in total. The van der Waals surface area contributed by atoms with Crippen LogP contribution in [0.2, 0.25) is 0 Å². The maximum absolute atomic E-state index is 10.1. The number of benzene rings is 1. The average Bonchev–Trinajstić information content (AvgIpc) is 2.20. The minimum atomic E-state index is -0.418. The van der Waals surface area contributed by atoms with Gasteiger partial charge >= 0.3 is 8.69 Å². The standard InChI is InChI=1S/C10H13O3P/c1-2-3-10(11)8-4-6-9(7-5-8)13-14-12/h4-7,10-11H,2-3H2,1H3. The summed E-state index contributed by atoms with van der Waals surface area (Å²) in [5.74, 6) is 0.536. The molecule has 0 fully saturated rings. The fourth-order valence-electron chi connectivity index (χ4n) is 1.23. The average molecular weight is 212 g/mol. The van der Waals surface area contributed by atoms with Crippen LogP contribution in [0.3, 0.4) is 0 Å². The van der Waals surface area contributed by atoms with Gasteiger partial charge in [0, 0.05) is 0 Å². The summed E-state index contributed by atoms with van der Waals surface area (Å²) in [7, 11) is -0.359. The van der Waals surface area contributed by atoms with Crippen LogP contribution < -0.4 is 4.52 Å². The number of aliphatic hydroxyl groups is 1. The molecule has 76 valence electrons. The normalized spacial score (nSPS) is 12.7. The summed E-state index contributed by atoms with van der Waals surface area (Å²) in [5, 5.41) is 9.64. The van der Waals surface area contributed by atoms with Gasteiger partial charge in [0.05, 0.1) is 6.10 Å². The molecule has 1 rings (SSSR count). The van der Waals surface area contributed by atoms with E-state index in [0.717, 1.165) is 18.4 Å². The Balaban J connectivity index is 2.67. The van der Waals surface area contributed by atoms with Crippen molar-refractivity contribution in [2.24, 2.45) is 0 Å². The highest BCUT2D eigenvalue weighted by atomic mass is 31.1. The van der Waals surface area contributed by atoms with Crippen molar-refractivity contribution in [1.82, 2.24) is 0 Å². The van der Waals surface area contributed by atoms with Crippen molar-refractivity contribution >= 4 is 8.69 Å². The van der Waals surface area contributed by atoms with Gasteiger partial charge in [-0.3, -0.25) is 0 Å². The van der Waals surface area contributed by atoms with E-state index in [4.69, 9.17) is 4.52 Å². The van der Waals surface area contributed by atoms with Crippen LogP contribution in [-0.2, 0) is 4.57 Å². The van der Waals surface area contributed by atoms with Gasteiger partial charge in [-0.25, -0.2) is 4.57 Å². The first kappa shape index (κ1) is 11.2. The third-order valence-corrected chi connectivity index (χ3v) is 2.26. The third-order valence-electron chi connectivity index (χ3n) is 1.97. The van der Waals surface area contributed by atoms with Crippen LogP contribution in [0.25, 0.3) is 0 Å². The van der Waals surface area contributed by atoms with E-state index in [2.05, 4.69) is 0 Å². The molecule has 0 bridgehead atoms. The van der Waals surface area contributed by atoms with E-state index in [0.29, 0.717) is 5.75 Å². The minimum absolute atomic E-state index is 0.359. The van der Waals surface area contributed by atoms with Crippen LogP contribution in [0.4, 0.5) is 0 Å². The van der Waals surface area contributed by atoms with Crippen LogP contribution in [0.5, 0.6) is 5.75 Å². The molecule has 0 spiro atoms. The van der Waals surface area contributed by atoms with Crippen LogP contribution in [0.1, 0.15) is 31.4 Å². The van der Waals surface area contributed by atoms with Gasteiger partial charge in [0.25, 0.3) is 0 Å². The second-order valence-corrected chi connectivity index (χ2v) is 3.37. The Kier molecular flexibility index (Phi) is 4.57. The van der Waals surface area contributed by atoms with Gasteiger partial charge in [-0.2, -0.15) is 0 Å². The first-order valence-corrected chi connectivity index (χ1v) is 5.28. The van der Waals surface area contributed by atoms with Crippen LogP contribution in [0.15, 0.2) is 24.3 Å². The second kappa shape index (κ2) is 5.74. The van der Waals surface area contributed by atoms with Crippen molar-refractivity contribution in [3.8, 4) is 5.75 Å². The molecule has 1 unspecified atom stereocenters. The van der Waals surface area contributed by atoms with Gasteiger partial charge in [-0.1, -0.05) is 25.5 Å². The topological polar surface area (TPSA) is 46.5 Å². The molecular weight excluding hydrogens is 199 g/mol. The molecule has 0 saturated carbocycles. The molecule has 1 aromatic carbocycles. The van der Waals surface area contributed by atoms with E-state index in [-0.39, 0.29) is 8.69 Å². The van der Waals surface area contributed by atoms with Crippen LogP contribution >= 0.6 is 8.69 Å². The highest BCUT2D eigenvalue weighted by Gasteiger charge is 2.05. The van der Waals surface area contributed by atoms with Crippen molar-refractivity contribution in [2.75, 3.05) is 0 Å². The van der Waals surface area contributed by atoms with Gasteiger partial charge in [0.1, 0.15) is 5.75 Å². The van der Waals surface area contributed by atoms with E-state index in [1.807, 2.05) is 6.92 Å². The molecule has 0 aliphatic carbocycles. The number of hydrogen-bond donors (Lipinski definition) is 1. The number of aliphatic hydroxyl groups excluding tert-OH is 1. The molecule has 3 nitrogen and oxygen atoms in total. The largest absolute Gasteiger partial charge is 0.408 e. The molecule has 1 atom stereocenters. The molecule has 0 aliphatic heterocycles. The molecule has 0 heterocycles. The van der Waals surface area contributed by atoms with Gasteiger partial charge in [-0.15, -0.1) is 0 Å². The zero-order chi connectivity index (χ0) is 10.4. The quantitative estimate of drug-likeness (QED) is 0.763. The molecule has 0 saturated heterocycles. The van der Waals surface area contributed by atoms with Gasteiger partial charge in [0.15, 0.2) is 0 Å². The Bertz CT molecular complexity index is 284. The summed E-state index contributed by atoms with van der Waals surface area (Å²) < 4.78 is 14.9. The summed E-state index contributed by atoms with van der Waals surface area (Å²) in [4.78, 5) is 0. The summed E-state index contributed by atoms with van der Waals surface area (Å²) >= 11 is 0. The van der Waals surface area contributed by atoms with E-state index in [9.17, 15) is 9.67 Å². The maximum Gasteiger partial charge on any atom is 0.395 e.